The fourth-order valence-corrected chi connectivity index (χ4v) is 5.31. The van der Waals surface area contributed by atoms with Gasteiger partial charge in [0.1, 0.15) is 22.0 Å². The second kappa shape index (κ2) is 11.6. The number of fused-ring (bicyclic) bond motifs is 1. The predicted octanol–water partition coefficient (Wildman–Crippen LogP) is 7.73. The molecule has 0 unspecified atom stereocenters. The maximum Gasteiger partial charge on any atom is 0.298 e. The summed E-state index contributed by atoms with van der Waals surface area (Å²) in [4.78, 5) is 12.6. The van der Waals surface area contributed by atoms with Crippen LogP contribution in [0.15, 0.2) is 75.8 Å². The molecule has 0 atom stereocenters. The zero-order valence-corrected chi connectivity index (χ0v) is 23.1. The molecule has 9 nitrogen and oxygen atoms in total. The number of anilines is 1. The van der Waals surface area contributed by atoms with Gasteiger partial charge in [-0.25, -0.2) is 0 Å². The van der Waals surface area contributed by atoms with Gasteiger partial charge in [0.05, 0.1) is 22.2 Å². The number of azo groups is 1. The van der Waals surface area contributed by atoms with Gasteiger partial charge in [-0.05, 0) is 48.6 Å². The van der Waals surface area contributed by atoms with Crippen molar-refractivity contribution in [2.24, 2.45) is 10.2 Å². The Bertz CT molecular complexity index is 1720. The molecule has 0 fully saturated rings. The van der Waals surface area contributed by atoms with Gasteiger partial charge in [-0.1, -0.05) is 60.5 Å². The monoisotopic (exact) mass is 587 g/mol. The topological polar surface area (TPSA) is 138 Å². The molecule has 1 amide bonds. The number of ether oxygens (including phenoxy) is 1. The number of phenolic OH excluding ortho intramolecular Hbond substituents is 1. The Morgan fingerprint density at radius 1 is 0.974 bits per heavy atom. The molecule has 0 aliphatic carbocycles. The van der Waals surface area contributed by atoms with Crippen LogP contribution in [0.5, 0.6) is 11.5 Å². The Morgan fingerprint density at radius 3 is 2.36 bits per heavy atom. The van der Waals surface area contributed by atoms with Gasteiger partial charge in [0, 0.05) is 17.1 Å². The summed E-state index contributed by atoms with van der Waals surface area (Å²) in [6, 6.07) is 16.0. The Kier molecular flexibility index (Phi) is 8.41. The van der Waals surface area contributed by atoms with Crippen LogP contribution in [0, 0.1) is 0 Å². The third-order valence-corrected chi connectivity index (χ3v) is 7.45. The quantitative estimate of drug-likeness (QED) is 0.142. The number of rotatable bonds is 8. The molecule has 0 heterocycles. The lowest BCUT2D eigenvalue weighted by atomic mass is 10.0. The number of carbonyl (C=O) groups excluding carboxylic acids is 1. The normalized spacial score (nSPS) is 11.7. The van der Waals surface area contributed by atoms with Crippen molar-refractivity contribution in [3.05, 3.63) is 81.8 Å². The number of halogens is 2. The Hall–Kier alpha value is -3.70. The third kappa shape index (κ3) is 5.99. The molecular weight excluding hydrogens is 565 g/mol. The molecule has 0 aliphatic rings. The van der Waals surface area contributed by atoms with E-state index in [2.05, 4.69) is 15.5 Å². The first-order valence-corrected chi connectivity index (χ1v) is 13.9. The smallest absolute Gasteiger partial charge is 0.298 e. The van der Waals surface area contributed by atoms with Gasteiger partial charge in [0.25, 0.3) is 16.0 Å². The average Bonchev–Trinajstić information content (AvgIpc) is 2.89. The van der Waals surface area contributed by atoms with Crippen LogP contribution in [-0.4, -0.2) is 30.6 Å². The molecule has 0 bridgehead atoms. The van der Waals surface area contributed by atoms with E-state index in [0.717, 1.165) is 0 Å². The second-order valence-electron chi connectivity index (χ2n) is 8.29. The van der Waals surface area contributed by atoms with Crippen LogP contribution in [0.4, 0.5) is 17.1 Å². The van der Waals surface area contributed by atoms with Crippen LogP contribution in [0.3, 0.4) is 0 Å². The van der Waals surface area contributed by atoms with Crippen molar-refractivity contribution in [3.63, 3.8) is 0 Å². The molecule has 4 aromatic carbocycles. The predicted molar refractivity (Wildman–Crippen MR) is 151 cm³/mol. The van der Waals surface area contributed by atoms with Crippen molar-refractivity contribution in [2.45, 2.75) is 25.2 Å². The lowest BCUT2D eigenvalue weighted by molar-refractivity contribution is 0.102. The minimum atomic E-state index is -4.75. The zero-order valence-electron chi connectivity index (χ0n) is 20.8. The molecule has 0 aromatic heterocycles. The molecule has 0 saturated carbocycles. The lowest BCUT2D eigenvalue weighted by Gasteiger charge is -2.13. The van der Waals surface area contributed by atoms with Crippen LogP contribution in [-0.2, 0) is 16.5 Å². The number of nitrogens with zero attached hydrogens (tertiary/aromatic N) is 2. The first-order chi connectivity index (χ1) is 18.5. The summed E-state index contributed by atoms with van der Waals surface area (Å²) in [5.41, 5.74) is 0.477. The molecule has 0 radical (unpaired) electrons. The van der Waals surface area contributed by atoms with E-state index in [-0.39, 0.29) is 22.0 Å². The highest BCUT2D eigenvalue weighted by atomic mass is 35.5. The van der Waals surface area contributed by atoms with Crippen molar-refractivity contribution in [1.82, 2.24) is 0 Å². The average molecular weight is 588 g/mol. The molecule has 4 rings (SSSR count). The van der Waals surface area contributed by atoms with Gasteiger partial charge in [-0.2, -0.15) is 8.42 Å². The van der Waals surface area contributed by atoms with Crippen LogP contribution >= 0.6 is 23.2 Å². The maximum absolute atomic E-state index is 13.2. The molecule has 12 heteroatoms. The number of hydrogen-bond acceptors (Lipinski definition) is 7. The summed E-state index contributed by atoms with van der Waals surface area (Å²) in [7, 11) is -4.75. The maximum atomic E-state index is 13.2. The van der Waals surface area contributed by atoms with E-state index in [1.54, 1.807) is 62.4 Å². The summed E-state index contributed by atoms with van der Waals surface area (Å²) >= 11 is 12.2. The largest absolute Gasteiger partial charge is 0.505 e. The number of carbonyl (C=O) groups is 1. The van der Waals surface area contributed by atoms with Crippen LogP contribution in [0.2, 0.25) is 10.0 Å². The fourth-order valence-electron chi connectivity index (χ4n) is 3.97. The van der Waals surface area contributed by atoms with Gasteiger partial charge < -0.3 is 15.2 Å². The minimum absolute atomic E-state index is 0.0762. The van der Waals surface area contributed by atoms with E-state index < -0.39 is 26.7 Å². The van der Waals surface area contributed by atoms with Crippen molar-refractivity contribution in [3.8, 4) is 11.5 Å². The van der Waals surface area contributed by atoms with E-state index in [1.807, 2.05) is 0 Å². The van der Waals surface area contributed by atoms with E-state index in [9.17, 15) is 22.9 Å². The number of phenols is 1. The van der Waals surface area contributed by atoms with Crippen LogP contribution < -0.4 is 10.1 Å². The summed E-state index contributed by atoms with van der Waals surface area (Å²) < 4.78 is 39.4. The molecule has 4 aromatic rings. The first-order valence-electron chi connectivity index (χ1n) is 11.7. The van der Waals surface area contributed by atoms with Crippen LogP contribution in [0.1, 0.15) is 29.8 Å². The lowest BCUT2D eigenvalue weighted by Crippen LogP contribution is -2.12. The summed E-state index contributed by atoms with van der Waals surface area (Å²) in [6.07, 6.45) is 0.355. The fraction of sp³-hybridized carbons (Fsp3) is 0.148. The molecule has 39 heavy (non-hydrogen) atoms. The minimum Gasteiger partial charge on any atom is -0.505 e. The van der Waals surface area contributed by atoms with Gasteiger partial charge >= 0.3 is 0 Å². The van der Waals surface area contributed by atoms with E-state index in [1.165, 1.54) is 12.1 Å². The zero-order chi connectivity index (χ0) is 28.3. The third-order valence-electron chi connectivity index (χ3n) is 5.78. The van der Waals surface area contributed by atoms with Crippen LogP contribution in [0.25, 0.3) is 10.8 Å². The van der Waals surface area contributed by atoms with E-state index in [4.69, 9.17) is 27.9 Å². The summed E-state index contributed by atoms with van der Waals surface area (Å²) in [5.74, 6) is -0.741. The molecular formula is C27H23Cl2N3O6S. The van der Waals surface area contributed by atoms with Gasteiger partial charge in [0.15, 0.2) is 5.75 Å². The van der Waals surface area contributed by atoms with Crippen molar-refractivity contribution in [1.29, 1.82) is 0 Å². The SMILES string of the molecule is CCOc1cc(NC(=O)c2cc3ccccc3c(N=Nc3c(CC)ccc(Cl)c3S(=O)(=O)O)c2O)ccc1Cl. The number of nitrogens with one attached hydrogen (secondary N) is 1. The van der Waals surface area contributed by atoms with Gasteiger partial charge in [-0.15, -0.1) is 10.2 Å². The second-order valence-corrected chi connectivity index (χ2v) is 10.5. The molecule has 3 N–H and O–H groups in total. The summed E-state index contributed by atoms with van der Waals surface area (Å²) in [6.45, 7) is 3.95. The van der Waals surface area contributed by atoms with Gasteiger partial charge in [-0.3, -0.25) is 9.35 Å². The number of amides is 1. The Labute approximate surface area is 234 Å². The van der Waals surface area contributed by atoms with Crippen molar-refractivity contribution >= 4 is 67.1 Å². The molecule has 0 aliphatic heterocycles. The Balaban J connectivity index is 1.84. The molecule has 0 saturated heterocycles. The van der Waals surface area contributed by atoms with Gasteiger partial charge in [0.2, 0.25) is 0 Å². The molecule has 0 spiro atoms. The van der Waals surface area contributed by atoms with E-state index in [0.29, 0.717) is 45.8 Å². The van der Waals surface area contributed by atoms with Crippen molar-refractivity contribution in [2.75, 3.05) is 11.9 Å². The first kappa shape index (κ1) is 28.3. The highest BCUT2D eigenvalue weighted by Crippen LogP contribution is 2.42. The highest BCUT2D eigenvalue weighted by molar-refractivity contribution is 7.86. The number of aryl methyl sites for hydroxylation is 1. The molecule has 202 valence electrons. The number of aromatic hydroxyl groups is 1. The summed E-state index contributed by atoms with van der Waals surface area (Å²) in [5, 5.41) is 23.3. The number of hydrogen-bond donors (Lipinski definition) is 3. The Morgan fingerprint density at radius 2 is 1.67 bits per heavy atom. The standard InChI is InChI=1S/C27H23Cl2N3O6S/c1-3-15-9-11-21(29)26(39(35,36)37)23(15)31-32-24-18-8-6-5-7-16(18)13-19(25(24)33)27(34)30-17-10-12-20(28)22(14-17)38-4-2/h5-14,33H,3-4H2,1-2H3,(H,30,34)(H,35,36,37). The van der Waals surface area contributed by atoms with Crippen molar-refractivity contribution < 1.29 is 27.6 Å². The highest BCUT2D eigenvalue weighted by Gasteiger charge is 2.24. The van der Waals surface area contributed by atoms with E-state index >= 15 is 0 Å². The number of benzene rings is 4.